The van der Waals surface area contributed by atoms with Crippen LogP contribution in [0.4, 0.5) is 5.69 Å². The van der Waals surface area contributed by atoms with E-state index in [1.54, 1.807) is 6.07 Å². The average Bonchev–Trinajstić information content (AvgIpc) is 2.67. The Balaban J connectivity index is 2.05. The number of amides is 1. The lowest BCUT2D eigenvalue weighted by Gasteiger charge is -2.11. The zero-order valence-corrected chi connectivity index (χ0v) is 17.9. The SMILES string of the molecule is CCCCCCCCCCCCCCCC(=O)Nc1c(C)cccc1C(=O)O. The van der Waals surface area contributed by atoms with E-state index in [9.17, 15) is 14.7 Å². The van der Waals surface area contributed by atoms with Crippen LogP contribution >= 0.6 is 0 Å². The molecular formula is C24H39NO3. The Kier molecular flexibility index (Phi) is 13.1. The average molecular weight is 390 g/mol. The van der Waals surface area contributed by atoms with Crippen molar-refractivity contribution in [3.05, 3.63) is 29.3 Å². The normalized spacial score (nSPS) is 10.8. The highest BCUT2D eigenvalue weighted by Crippen LogP contribution is 2.21. The van der Waals surface area contributed by atoms with Crippen LogP contribution in [-0.4, -0.2) is 17.0 Å². The minimum absolute atomic E-state index is 0.0973. The lowest BCUT2D eigenvalue weighted by molar-refractivity contribution is -0.116. The maximum absolute atomic E-state index is 12.1. The molecule has 1 aromatic carbocycles. The standard InChI is InChI=1S/C24H39NO3/c1-3-4-5-6-7-8-9-10-11-12-13-14-15-19-22(26)25-23-20(2)17-16-18-21(23)24(27)28/h16-18H,3-15,19H2,1-2H3,(H,25,26)(H,27,28). The fourth-order valence-electron chi connectivity index (χ4n) is 3.52. The van der Waals surface area contributed by atoms with Gasteiger partial charge in [0.1, 0.15) is 0 Å². The van der Waals surface area contributed by atoms with Crippen molar-refractivity contribution in [1.29, 1.82) is 0 Å². The predicted molar refractivity (Wildman–Crippen MR) is 117 cm³/mol. The first-order valence-electron chi connectivity index (χ1n) is 11.2. The molecule has 0 fully saturated rings. The molecule has 0 aliphatic carbocycles. The largest absolute Gasteiger partial charge is 0.478 e. The maximum Gasteiger partial charge on any atom is 0.337 e. The Bertz CT molecular complexity index is 583. The van der Waals surface area contributed by atoms with Gasteiger partial charge in [-0.05, 0) is 25.0 Å². The van der Waals surface area contributed by atoms with E-state index in [4.69, 9.17) is 0 Å². The molecule has 158 valence electrons. The van der Waals surface area contributed by atoms with Gasteiger partial charge in [-0.2, -0.15) is 0 Å². The van der Waals surface area contributed by atoms with Crippen LogP contribution in [0.3, 0.4) is 0 Å². The van der Waals surface area contributed by atoms with E-state index in [-0.39, 0.29) is 11.5 Å². The highest BCUT2D eigenvalue weighted by molar-refractivity contribution is 6.01. The molecule has 0 aliphatic heterocycles. The summed E-state index contributed by atoms with van der Waals surface area (Å²) >= 11 is 0. The van der Waals surface area contributed by atoms with E-state index in [2.05, 4.69) is 12.2 Å². The van der Waals surface area contributed by atoms with Crippen LogP contribution in [0.2, 0.25) is 0 Å². The van der Waals surface area contributed by atoms with E-state index >= 15 is 0 Å². The molecule has 0 heterocycles. The number of nitrogens with one attached hydrogen (secondary N) is 1. The third-order valence-corrected chi connectivity index (χ3v) is 5.28. The molecule has 4 nitrogen and oxygen atoms in total. The van der Waals surface area contributed by atoms with Crippen LogP contribution in [0, 0.1) is 6.92 Å². The molecule has 0 unspecified atom stereocenters. The van der Waals surface area contributed by atoms with Crippen LogP contribution < -0.4 is 5.32 Å². The van der Waals surface area contributed by atoms with Gasteiger partial charge in [0, 0.05) is 6.42 Å². The number of benzene rings is 1. The van der Waals surface area contributed by atoms with Gasteiger partial charge in [0.2, 0.25) is 5.91 Å². The first-order chi connectivity index (χ1) is 13.6. The van der Waals surface area contributed by atoms with Crippen LogP contribution in [0.5, 0.6) is 0 Å². The zero-order valence-electron chi connectivity index (χ0n) is 17.9. The van der Waals surface area contributed by atoms with Crippen LogP contribution in [0.15, 0.2) is 18.2 Å². The summed E-state index contributed by atoms with van der Waals surface area (Å²) in [6.07, 6.45) is 17.0. The molecule has 0 bridgehead atoms. The summed E-state index contributed by atoms with van der Waals surface area (Å²) in [6, 6.07) is 5.03. The van der Waals surface area contributed by atoms with E-state index in [1.807, 2.05) is 13.0 Å². The second-order valence-corrected chi connectivity index (χ2v) is 7.84. The highest BCUT2D eigenvalue weighted by Gasteiger charge is 2.14. The van der Waals surface area contributed by atoms with Crippen molar-refractivity contribution in [2.75, 3.05) is 5.32 Å². The molecule has 0 saturated carbocycles. The second-order valence-electron chi connectivity index (χ2n) is 7.84. The molecule has 0 aromatic heterocycles. The van der Waals surface area contributed by atoms with E-state index < -0.39 is 5.97 Å². The van der Waals surface area contributed by atoms with Crippen LogP contribution in [0.1, 0.15) is 113 Å². The molecule has 28 heavy (non-hydrogen) atoms. The lowest BCUT2D eigenvalue weighted by atomic mass is 10.0. The third-order valence-electron chi connectivity index (χ3n) is 5.28. The van der Waals surface area contributed by atoms with Gasteiger partial charge < -0.3 is 10.4 Å². The predicted octanol–water partition coefficient (Wildman–Crippen LogP) is 7.11. The number of rotatable bonds is 16. The Morgan fingerprint density at radius 1 is 0.821 bits per heavy atom. The summed E-state index contributed by atoms with van der Waals surface area (Å²) in [5.41, 5.74) is 1.35. The molecular weight excluding hydrogens is 350 g/mol. The molecule has 1 aromatic rings. The number of unbranched alkanes of at least 4 members (excludes halogenated alkanes) is 12. The number of carbonyl (C=O) groups is 2. The monoisotopic (exact) mass is 389 g/mol. The molecule has 0 saturated heterocycles. The van der Waals surface area contributed by atoms with Gasteiger partial charge >= 0.3 is 5.97 Å². The number of carboxylic acid groups (broad SMARTS) is 1. The van der Waals surface area contributed by atoms with Gasteiger partial charge in [-0.3, -0.25) is 4.79 Å². The van der Waals surface area contributed by atoms with Gasteiger partial charge in [-0.15, -0.1) is 0 Å². The molecule has 1 rings (SSSR count). The fourth-order valence-corrected chi connectivity index (χ4v) is 3.52. The number of hydrogen-bond donors (Lipinski definition) is 2. The van der Waals surface area contributed by atoms with Gasteiger partial charge in [0.15, 0.2) is 0 Å². The quantitative estimate of drug-likeness (QED) is 0.296. The molecule has 0 radical (unpaired) electrons. The smallest absolute Gasteiger partial charge is 0.337 e. The molecule has 0 aliphatic rings. The molecule has 2 N–H and O–H groups in total. The fraction of sp³-hybridized carbons (Fsp3) is 0.667. The summed E-state index contributed by atoms with van der Waals surface area (Å²) in [5.74, 6) is -1.11. The summed E-state index contributed by atoms with van der Waals surface area (Å²) in [5, 5.41) is 12.0. The number of para-hydroxylation sites is 1. The van der Waals surface area contributed by atoms with Crippen LogP contribution in [-0.2, 0) is 4.79 Å². The van der Waals surface area contributed by atoms with Crippen molar-refractivity contribution in [3.8, 4) is 0 Å². The second kappa shape index (κ2) is 15.1. The molecule has 1 amide bonds. The summed E-state index contributed by atoms with van der Waals surface area (Å²) in [4.78, 5) is 23.4. The van der Waals surface area contributed by atoms with Crippen molar-refractivity contribution in [2.24, 2.45) is 0 Å². The van der Waals surface area contributed by atoms with E-state index in [0.29, 0.717) is 12.1 Å². The minimum atomic E-state index is -1.01. The number of aryl methyl sites for hydroxylation is 1. The van der Waals surface area contributed by atoms with E-state index in [0.717, 1.165) is 18.4 Å². The topological polar surface area (TPSA) is 66.4 Å². The highest BCUT2D eigenvalue weighted by atomic mass is 16.4. The van der Waals surface area contributed by atoms with Gasteiger partial charge in [0.25, 0.3) is 0 Å². The van der Waals surface area contributed by atoms with Crippen molar-refractivity contribution < 1.29 is 14.7 Å². The minimum Gasteiger partial charge on any atom is -0.478 e. The summed E-state index contributed by atoms with van der Waals surface area (Å²) in [6.45, 7) is 4.07. The van der Waals surface area contributed by atoms with Crippen molar-refractivity contribution in [1.82, 2.24) is 0 Å². The van der Waals surface area contributed by atoms with Gasteiger partial charge in [-0.1, -0.05) is 96.1 Å². The van der Waals surface area contributed by atoms with Gasteiger partial charge in [-0.25, -0.2) is 4.79 Å². The first-order valence-corrected chi connectivity index (χ1v) is 11.2. The Labute approximate surface area is 171 Å². The lowest BCUT2D eigenvalue weighted by Crippen LogP contribution is -2.15. The third kappa shape index (κ3) is 10.5. The first kappa shape index (κ1) is 24.2. The number of aromatic carboxylic acids is 1. The van der Waals surface area contributed by atoms with Gasteiger partial charge in [0.05, 0.1) is 11.3 Å². The number of carbonyl (C=O) groups excluding carboxylic acids is 1. The number of hydrogen-bond acceptors (Lipinski definition) is 2. The Hall–Kier alpha value is -1.84. The Morgan fingerprint density at radius 2 is 1.32 bits per heavy atom. The molecule has 0 atom stereocenters. The van der Waals surface area contributed by atoms with Crippen LogP contribution in [0.25, 0.3) is 0 Å². The van der Waals surface area contributed by atoms with E-state index in [1.165, 1.54) is 76.7 Å². The van der Waals surface area contributed by atoms with Crippen molar-refractivity contribution in [2.45, 2.75) is 104 Å². The Morgan fingerprint density at radius 3 is 1.82 bits per heavy atom. The number of carboxylic acids is 1. The number of anilines is 1. The maximum atomic E-state index is 12.1. The summed E-state index contributed by atoms with van der Waals surface area (Å²) in [7, 11) is 0. The molecule has 0 spiro atoms. The zero-order chi connectivity index (χ0) is 20.6. The van der Waals surface area contributed by atoms with Crippen molar-refractivity contribution in [3.63, 3.8) is 0 Å². The van der Waals surface area contributed by atoms with Crippen molar-refractivity contribution >= 4 is 17.6 Å². The summed E-state index contributed by atoms with van der Waals surface area (Å²) < 4.78 is 0. The molecule has 4 heteroatoms.